The van der Waals surface area contributed by atoms with Gasteiger partial charge in [-0.2, -0.15) is 0 Å². The van der Waals surface area contributed by atoms with Crippen LogP contribution in [-0.4, -0.2) is 9.97 Å². The first-order chi connectivity index (χ1) is 8.20. The fourth-order valence-corrected chi connectivity index (χ4v) is 2.22. The second-order valence-corrected chi connectivity index (χ2v) is 5.20. The van der Waals surface area contributed by atoms with E-state index in [9.17, 15) is 0 Å². The number of nitrogens with zero attached hydrogens (tertiary/aromatic N) is 2. The van der Waals surface area contributed by atoms with E-state index in [4.69, 9.17) is 5.84 Å². The lowest BCUT2D eigenvalue weighted by molar-refractivity contribution is 1.12. The Morgan fingerprint density at radius 1 is 1.24 bits per heavy atom. The fourth-order valence-electron chi connectivity index (χ4n) is 1.26. The second-order valence-electron chi connectivity index (χ2n) is 3.16. The number of nitrogen functional groups attached to an aromatic ring is 1. The maximum absolute atomic E-state index is 5.34. The van der Waals surface area contributed by atoms with Crippen molar-refractivity contribution in [3.8, 4) is 0 Å². The minimum atomic E-state index is 0.535. The van der Waals surface area contributed by atoms with Crippen LogP contribution < -0.4 is 16.6 Å². The number of nitrogens with two attached hydrogens (primary N) is 1. The third kappa shape index (κ3) is 3.05. The number of anilines is 3. The lowest BCUT2D eigenvalue weighted by Gasteiger charge is -2.09. The van der Waals surface area contributed by atoms with E-state index in [1.165, 1.54) is 6.33 Å². The predicted octanol–water partition coefficient (Wildman–Crippen LogP) is 2.87. The molecular weight excluding hydrogens is 397 g/mol. The highest BCUT2D eigenvalue weighted by Gasteiger charge is 2.07. The number of nitrogens with one attached hydrogen (secondary N) is 2. The highest BCUT2D eigenvalue weighted by atomic mass is 127. The highest BCUT2D eigenvalue weighted by Crippen LogP contribution is 2.28. The minimum Gasteiger partial charge on any atom is -0.339 e. The van der Waals surface area contributed by atoms with Crippen molar-refractivity contribution in [2.45, 2.75) is 0 Å². The van der Waals surface area contributed by atoms with Gasteiger partial charge in [-0.3, -0.25) is 0 Å². The number of rotatable bonds is 3. The van der Waals surface area contributed by atoms with Crippen LogP contribution in [-0.2, 0) is 0 Å². The zero-order valence-corrected chi connectivity index (χ0v) is 12.4. The number of benzene rings is 1. The van der Waals surface area contributed by atoms with E-state index in [1.54, 1.807) is 0 Å². The molecule has 0 fully saturated rings. The molecule has 2 aromatic rings. The molecule has 2 rings (SSSR count). The van der Waals surface area contributed by atoms with Crippen molar-refractivity contribution in [2.75, 3.05) is 10.7 Å². The summed E-state index contributed by atoms with van der Waals surface area (Å²) < 4.78 is 1.84. The van der Waals surface area contributed by atoms with Crippen LogP contribution in [0.3, 0.4) is 0 Å². The molecule has 0 spiro atoms. The minimum absolute atomic E-state index is 0.535. The maximum Gasteiger partial charge on any atom is 0.159 e. The molecule has 0 radical (unpaired) electrons. The third-order valence-electron chi connectivity index (χ3n) is 2.01. The molecule has 0 saturated carbocycles. The molecule has 0 saturated heterocycles. The van der Waals surface area contributed by atoms with Gasteiger partial charge in [-0.1, -0.05) is 6.07 Å². The van der Waals surface area contributed by atoms with Crippen LogP contribution in [0.4, 0.5) is 17.3 Å². The molecule has 0 aliphatic heterocycles. The lowest BCUT2D eigenvalue weighted by Crippen LogP contribution is -2.10. The predicted molar refractivity (Wildman–Crippen MR) is 80.0 cm³/mol. The summed E-state index contributed by atoms with van der Waals surface area (Å²) in [5.41, 5.74) is 3.45. The van der Waals surface area contributed by atoms with Gasteiger partial charge in [0.1, 0.15) is 16.6 Å². The molecule has 0 bridgehead atoms. The molecule has 7 heteroatoms. The van der Waals surface area contributed by atoms with Gasteiger partial charge in [-0.15, -0.1) is 0 Å². The molecule has 0 aliphatic rings. The van der Waals surface area contributed by atoms with E-state index in [-0.39, 0.29) is 0 Å². The van der Waals surface area contributed by atoms with Gasteiger partial charge in [-0.05, 0) is 56.7 Å². The molecular formula is C10H9BrIN5. The highest BCUT2D eigenvalue weighted by molar-refractivity contribution is 14.1. The molecule has 5 nitrogen and oxygen atoms in total. The van der Waals surface area contributed by atoms with E-state index >= 15 is 0 Å². The summed E-state index contributed by atoms with van der Waals surface area (Å²) in [6.07, 6.45) is 1.44. The second kappa shape index (κ2) is 5.61. The Hall–Kier alpha value is -0.930. The van der Waals surface area contributed by atoms with Crippen LogP contribution in [0.25, 0.3) is 0 Å². The standard InChI is InChI=1S/C10H9BrIN5/c11-8-9(14-5-15-10(8)17-13)16-7-3-1-2-6(12)4-7/h1-5H,13H2,(H2,14,15,16,17). The lowest BCUT2D eigenvalue weighted by atomic mass is 10.3. The Bertz CT molecular complexity index is 534. The molecule has 0 unspecified atom stereocenters. The average molecular weight is 406 g/mol. The van der Waals surface area contributed by atoms with Crippen LogP contribution in [0, 0.1) is 3.57 Å². The first kappa shape index (κ1) is 12.5. The summed E-state index contributed by atoms with van der Waals surface area (Å²) in [6.45, 7) is 0. The average Bonchev–Trinajstić information content (AvgIpc) is 2.32. The monoisotopic (exact) mass is 405 g/mol. The summed E-state index contributed by atoms with van der Waals surface area (Å²) in [7, 11) is 0. The van der Waals surface area contributed by atoms with E-state index < -0.39 is 0 Å². The maximum atomic E-state index is 5.34. The number of hydrogen-bond acceptors (Lipinski definition) is 5. The van der Waals surface area contributed by atoms with Crippen molar-refractivity contribution in [2.24, 2.45) is 5.84 Å². The summed E-state index contributed by atoms with van der Waals surface area (Å²) in [5.74, 6) is 6.54. The van der Waals surface area contributed by atoms with Crippen molar-refractivity contribution in [1.82, 2.24) is 9.97 Å². The Morgan fingerprint density at radius 2 is 2.00 bits per heavy atom. The van der Waals surface area contributed by atoms with Gasteiger partial charge in [0, 0.05) is 9.26 Å². The molecule has 0 atom stereocenters. The van der Waals surface area contributed by atoms with Gasteiger partial charge in [0.15, 0.2) is 5.82 Å². The van der Waals surface area contributed by atoms with Gasteiger partial charge in [0.05, 0.1) is 0 Å². The van der Waals surface area contributed by atoms with Crippen molar-refractivity contribution < 1.29 is 0 Å². The van der Waals surface area contributed by atoms with E-state index in [0.29, 0.717) is 16.1 Å². The Balaban J connectivity index is 2.30. The van der Waals surface area contributed by atoms with Crippen molar-refractivity contribution in [3.05, 3.63) is 38.6 Å². The molecule has 1 aromatic carbocycles. The normalized spacial score (nSPS) is 10.1. The molecule has 4 N–H and O–H groups in total. The first-order valence-electron chi connectivity index (χ1n) is 4.70. The topological polar surface area (TPSA) is 75.9 Å². The van der Waals surface area contributed by atoms with E-state index in [2.05, 4.69) is 59.2 Å². The zero-order chi connectivity index (χ0) is 12.3. The summed E-state index contributed by atoms with van der Waals surface area (Å²) in [6, 6.07) is 7.98. The quantitative estimate of drug-likeness (QED) is 0.416. The van der Waals surface area contributed by atoms with Crippen LogP contribution in [0.5, 0.6) is 0 Å². The fraction of sp³-hybridized carbons (Fsp3) is 0. The van der Waals surface area contributed by atoms with Crippen molar-refractivity contribution in [3.63, 3.8) is 0 Å². The summed E-state index contributed by atoms with van der Waals surface area (Å²) >= 11 is 5.64. The molecule has 0 aliphatic carbocycles. The molecule has 1 aromatic heterocycles. The SMILES string of the molecule is NNc1ncnc(Nc2cccc(I)c2)c1Br. The molecule has 1 heterocycles. The van der Waals surface area contributed by atoms with Crippen LogP contribution in [0.2, 0.25) is 0 Å². The van der Waals surface area contributed by atoms with E-state index in [0.717, 1.165) is 9.26 Å². The van der Waals surface area contributed by atoms with Gasteiger partial charge >= 0.3 is 0 Å². The van der Waals surface area contributed by atoms with Gasteiger partial charge in [-0.25, -0.2) is 15.8 Å². The number of hydrazine groups is 1. The van der Waals surface area contributed by atoms with Crippen molar-refractivity contribution >= 4 is 55.8 Å². The first-order valence-corrected chi connectivity index (χ1v) is 6.57. The van der Waals surface area contributed by atoms with Crippen LogP contribution in [0.1, 0.15) is 0 Å². The number of halogens is 2. The molecule has 17 heavy (non-hydrogen) atoms. The Morgan fingerprint density at radius 3 is 2.71 bits per heavy atom. The summed E-state index contributed by atoms with van der Waals surface area (Å²) in [4.78, 5) is 8.13. The van der Waals surface area contributed by atoms with Crippen LogP contribution in [0.15, 0.2) is 35.1 Å². The zero-order valence-electron chi connectivity index (χ0n) is 8.61. The molecule has 0 amide bonds. The summed E-state index contributed by atoms with van der Waals surface area (Å²) in [5, 5.41) is 3.19. The third-order valence-corrected chi connectivity index (χ3v) is 3.44. The largest absolute Gasteiger partial charge is 0.339 e. The van der Waals surface area contributed by atoms with Crippen molar-refractivity contribution in [1.29, 1.82) is 0 Å². The smallest absolute Gasteiger partial charge is 0.159 e. The Labute approximate surface area is 120 Å². The Kier molecular flexibility index (Phi) is 4.13. The van der Waals surface area contributed by atoms with Crippen LogP contribution >= 0.6 is 38.5 Å². The number of hydrogen-bond donors (Lipinski definition) is 3. The van der Waals surface area contributed by atoms with E-state index in [1.807, 2.05) is 24.3 Å². The van der Waals surface area contributed by atoms with Gasteiger partial charge in [0.25, 0.3) is 0 Å². The number of aromatic nitrogens is 2. The molecule has 88 valence electrons. The van der Waals surface area contributed by atoms with Gasteiger partial charge in [0.2, 0.25) is 0 Å². The van der Waals surface area contributed by atoms with Gasteiger partial charge < -0.3 is 10.7 Å².